The van der Waals surface area contributed by atoms with Crippen LogP contribution in [0.2, 0.25) is 0 Å². The first-order chi connectivity index (χ1) is 9.16. The van der Waals surface area contributed by atoms with Crippen LogP contribution in [0, 0.1) is 5.92 Å². The largest absolute Gasteiger partial charge is 0.393 e. The average Bonchev–Trinajstić information content (AvgIpc) is 2.85. The van der Waals surface area contributed by atoms with E-state index in [1.165, 1.54) is 0 Å². The van der Waals surface area contributed by atoms with Crippen LogP contribution in [-0.2, 0) is 16.1 Å². The first-order valence-electron chi connectivity index (χ1n) is 6.93. The van der Waals surface area contributed by atoms with Gasteiger partial charge in [-0.25, -0.2) is 0 Å². The maximum Gasteiger partial charge on any atom is 0.109 e. The van der Waals surface area contributed by atoms with Crippen molar-refractivity contribution in [2.24, 2.45) is 5.92 Å². The third kappa shape index (κ3) is 2.12. The van der Waals surface area contributed by atoms with Crippen molar-refractivity contribution in [3.63, 3.8) is 0 Å². The molecule has 5 atom stereocenters. The van der Waals surface area contributed by atoms with E-state index in [4.69, 9.17) is 17.3 Å². The SMILES string of the molecule is [B][C@@H]1O[C@@]2(CC)C[C@H](O)[C@@H]1[C@@H]2OCc1ccccc1. The second kappa shape index (κ2) is 4.93. The summed E-state index contributed by atoms with van der Waals surface area (Å²) in [5, 5.41) is 10.1. The molecule has 4 heteroatoms. The van der Waals surface area contributed by atoms with Crippen LogP contribution in [-0.4, -0.2) is 36.8 Å². The van der Waals surface area contributed by atoms with Gasteiger partial charge in [-0.2, -0.15) is 0 Å². The fourth-order valence-corrected chi connectivity index (χ4v) is 3.47. The van der Waals surface area contributed by atoms with Crippen molar-refractivity contribution in [3.8, 4) is 0 Å². The zero-order valence-electron chi connectivity index (χ0n) is 11.2. The molecule has 0 amide bonds. The van der Waals surface area contributed by atoms with Crippen LogP contribution < -0.4 is 0 Å². The number of benzene rings is 1. The number of hydrogen-bond donors (Lipinski definition) is 1. The van der Waals surface area contributed by atoms with Crippen molar-refractivity contribution in [2.75, 3.05) is 0 Å². The summed E-state index contributed by atoms with van der Waals surface area (Å²) in [7, 11) is 5.97. The zero-order valence-corrected chi connectivity index (χ0v) is 11.2. The van der Waals surface area contributed by atoms with E-state index in [1.54, 1.807) is 0 Å². The molecule has 3 nitrogen and oxygen atoms in total. The van der Waals surface area contributed by atoms with Crippen LogP contribution >= 0.6 is 0 Å². The summed E-state index contributed by atoms with van der Waals surface area (Å²) in [6.07, 6.45) is 0.918. The molecule has 1 N–H and O–H groups in total. The number of aliphatic hydroxyl groups excluding tert-OH is 1. The minimum atomic E-state index is -0.413. The summed E-state index contributed by atoms with van der Waals surface area (Å²) >= 11 is 0. The minimum absolute atomic E-state index is 0.108. The Morgan fingerprint density at radius 3 is 2.79 bits per heavy atom. The molecule has 1 heterocycles. The van der Waals surface area contributed by atoms with Crippen molar-refractivity contribution in [1.29, 1.82) is 0 Å². The number of hydrogen-bond acceptors (Lipinski definition) is 3. The van der Waals surface area contributed by atoms with E-state index in [1.807, 2.05) is 30.3 Å². The Kier molecular flexibility index (Phi) is 3.41. The molecule has 100 valence electrons. The highest BCUT2D eigenvalue weighted by Gasteiger charge is 2.62. The van der Waals surface area contributed by atoms with Crippen molar-refractivity contribution < 1.29 is 14.6 Å². The Morgan fingerprint density at radius 1 is 1.42 bits per heavy atom. The van der Waals surface area contributed by atoms with E-state index in [9.17, 15) is 5.11 Å². The molecule has 3 rings (SSSR count). The molecule has 1 aliphatic heterocycles. The van der Waals surface area contributed by atoms with E-state index in [0.29, 0.717) is 13.0 Å². The molecule has 0 spiro atoms. The molecule has 2 aliphatic rings. The van der Waals surface area contributed by atoms with Gasteiger partial charge in [0.1, 0.15) is 7.85 Å². The highest BCUT2D eigenvalue weighted by Crippen LogP contribution is 2.51. The maximum atomic E-state index is 10.1. The lowest BCUT2D eigenvalue weighted by Gasteiger charge is -2.32. The van der Waals surface area contributed by atoms with Crippen molar-refractivity contribution in [3.05, 3.63) is 35.9 Å². The molecule has 2 fully saturated rings. The van der Waals surface area contributed by atoms with Gasteiger partial charge in [-0.05, 0) is 12.0 Å². The molecule has 0 aromatic heterocycles. The number of fused-ring (bicyclic) bond motifs is 2. The van der Waals surface area contributed by atoms with Gasteiger partial charge in [0.05, 0.1) is 24.4 Å². The predicted octanol–water partition coefficient (Wildman–Crippen LogP) is 1.63. The summed E-state index contributed by atoms with van der Waals surface area (Å²) in [6.45, 7) is 2.60. The molecule has 1 aromatic rings. The number of rotatable bonds is 4. The fraction of sp³-hybridized carbons (Fsp3) is 0.600. The molecular formula is C15H19BO3. The number of aliphatic hydroxyl groups is 1. The predicted molar refractivity (Wildman–Crippen MR) is 72.8 cm³/mol. The van der Waals surface area contributed by atoms with E-state index < -0.39 is 17.7 Å². The van der Waals surface area contributed by atoms with E-state index in [0.717, 1.165) is 12.0 Å². The van der Waals surface area contributed by atoms with Gasteiger partial charge in [0.15, 0.2) is 0 Å². The van der Waals surface area contributed by atoms with Crippen LogP contribution in [0.5, 0.6) is 0 Å². The normalized spacial score (nSPS) is 40.7. The second-order valence-corrected chi connectivity index (χ2v) is 5.57. The average molecular weight is 258 g/mol. The van der Waals surface area contributed by atoms with Crippen molar-refractivity contribution in [1.82, 2.24) is 0 Å². The van der Waals surface area contributed by atoms with Gasteiger partial charge < -0.3 is 14.6 Å². The Labute approximate surface area is 115 Å². The first-order valence-corrected chi connectivity index (χ1v) is 6.93. The Hall–Kier alpha value is -0.835. The highest BCUT2D eigenvalue weighted by atomic mass is 16.6. The van der Waals surface area contributed by atoms with Crippen LogP contribution in [0.15, 0.2) is 30.3 Å². The lowest BCUT2D eigenvalue weighted by Crippen LogP contribution is -2.39. The van der Waals surface area contributed by atoms with Crippen LogP contribution in [0.4, 0.5) is 0 Å². The van der Waals surface area contributed by atoms with Crippen LogP contribution in [0.3, 0.4) is 0 Å². The third-order valence-corrected chi connectivity index (χ3v) is 4.49. The smallest absolute Gasteiger partial charge is 0.109 e. The summed E-state index contributed by atoms with van der Waals surface area (Å²) in [5.41, 5.74) is 0.723. The fourth-order valence-electron chi connectivity index (χ4n) is 3.47. The van der Waals surface area contributed by atoms with Crippen molar-refractivity contribution in [2.45, 2.75) is 50.2 Å². The standard InChI is InChI=1S/C15H19BO3/c1-2-15-8-11(17)12(14(16)19-15)13(15)18-9-10-6-4-3-5-7-10/h3-7,11-14,17H,2,8-9H2,1H3/t11-,12+,13-,14+,15-/m0/s1. The van der Waals surface area contributed by atoms with Gasteiger partial charge in [-0.15, -0.1) is 0 Å². The Bertz CT molecular complexity index is 424. The van der Waals surface area contributed by atoms with Gasteiger partial charge in [-0.1, -0.05) is 37.3 Å². The van der Waals surface area contributed by atoms with Gasteiger partial charge in [0.2, 0.25) is 0 Å². The third-order valence-electron chi connectivity index (χ3n) is 4.49. The monoisotopic (exact) mass is 258 g/mol. The Balaban J connectivity index is 1.73. The lowest BCUT2D eigenvalue weighted by atomic mass is 9.84. The van der Waals surface area contributed by atoms with E-state index in [2.05, 4.69) is 6.92 Å². The van der Waals surface area contributed by atoms with Gasteiger partial charge in [-0.3, -0.25) is 0 Å². The van der Waals surface area contributed by atoms with Crippen LogP contribution in [0.25, 0.3) is 0 Å². The molecule has 1 saturated heterocycles. The van der Waals surface area contributed by atoms with E-state index >= 15 is 0 Å². The molecule has 19 heavy (non-hydrogen) atoms. The second-order valence-electron chi connectivity index (χ2n) is 5.57. The summed E-state index contributed by atoms with van der Waals surface area (Å²) < 4.78 is 11.9. The molecule has 0 unspecified atom stereocenters. The molecule has 1 aromatic carbocycles. The summed E-state index contributed by atoms with van der Waals surface area (Å²) in [5.74, 6) is -0.108. The van der Waals surface area contributed by atoms with E-state index in [-0.39, 0.29) is 12.0 Å². The molecule has 2 bridgehead atoms. The zero-order chi connectivity index (χ0) is 13.5. The lowest BCUT2D eigenvalue weighted by molar-refractivity contribution is -0.105. The van der Waals surface area contributed by atoms with Crippen LogP contribution in [0.1, 0.15) is 25.3 Å². The molecule has 1 aliphatic carbocycles. The quantitative estimate of drug-likeness (QED) is 0.834. The van der Waals surface area contributed by atoms with Gasteiger partial charge in [0.25, 0.3) is 0 Å². The molecule has 2 radical (unpaired) electrons. The Morgan fingerprint density at radius 2 is 2.16 bits per heavy atom. The first kappa shape index (κ1) is 13.2. The van der Waals surface area contributed by atoms with Gasteiger partial charge in [0, 0.05) is 18.3 Å². The van der Waals surface area contributed by atoms with Crippen molar-refractivity contribution >= 4 is 7.85 Å². The molecule has 1 saturated carbocycles. The summed E-state index contributed by atoms with van der Waals surface area (Å²) in [4.78, 5) is 0. The maximum absolute atomic E-state index is 10.1. The minimum Gasteiger partial charge on any atom is -0.393 e. The summed E-state index contributed by atoms with van der Waals surface area (Å²) in [6, 6.07) is 9.63. The van der Waals surface area contributed by atoms with Gasteiger partial charge >= 0.3 is 0 Å². The topological polar surface area (TPSA) is 38.7 Å². The number of ether oxygens (including phenoxy) is 2. The molecular weight excluding hydrogens is 239 g/mol. The highest BCUT2D eigenvalue weighted by molar-refractivity contribution is 6.11.